The summed E-state index contributed by atoms with van der Waals surface area (Å²) in [5.74, 6) is 0.640. The molecule has 1 aromatic rings. The minimum absolute atomic E-state index is 0.174. The van der Waals surface area contributed by atoms with E-state index in [1.165, 1.54) is 31.4 Å². The fourth-order valence-corrected chi connectivity index (χ4v) is 3.21. The van der Waals surface area contributed by atoms with E-state index in [9.17, 15) is 13.2 Å². The molecule has 1 aromatic carbocycles. The SMILES string of the molecule is CCC1CCN(Sc2ccc(OC(F)(F)F)cc2)CC1. The van der Waals surface area contributed by atoms with Crippen molar-refractivity contribution in [3.05, 3.63) is 24.3 Å². The highest BCUT2D eigenvalue weighted by atomic mass is 32.2. The monoisotopic (exact) mass is 305 g/mol. The molecule has 1 aliphatic heterocycles. The molecule has 0 amide bonds. The van der Waals surface area contributed by atoms with Gasteiger partial charge in [0.25, 0.3) is 0 Å². The van der Waals surface area contributed by atoms with Gasteiger partial charge in [-0.25, -0.2) is 4.31 Å². The van der Waals surface area contributed by atoms with Crippen molar-refractivity contribution in [2.75, 3.05) is 13.1 Å². The molecule has 2 rings (SSSR count). The molecule has 20 heavy (non-hydrogen) atoms. The molecule has 1 heterocycles. The number of benzene rings is 1. The van der Waals surface area contributed by atoms with Crippen LogP contribution >= 0.6 is 11.9 Å². The number of hydrogen-bond acceptors (Lipinski definition) is 3. The zero-order chi connectivity index (χ0) is 14.6. The highest BCUT2D eigenvalue weighted by molar-refractivity contribution is 7.97. The van der Waals surface area contributed by atoms with Crippen molar-refractivity contribution in [2.24, 2.45) is 5.92 Å². The first-order valence-corrected chi connectivity index (χ1v) is 7.52. The molecular weight excluding hydrogens is 287 g/mol. The molecule has 0 unspecified atom stereocenters. The van der Waals surface area contributed by atoms with Crippen LogP contribution in [-0.2, 0) is 0 Å². The van der Waals surface area contributed by atoms with Gasteiger partial charge in [-0.2, -0.15) is 0 Å². The largest absolute Gasteiger partial charge is 0.573 e. The second-order valence-electron chi connectivity index (χ2n) is 4.89. The molecule has 0 atom stereocenters. The topological polar surface area (TPSA) is 12.5 Å². The summed E-state index contributed by atoms with van der Waals surface area (Å²) in [6, 6.07) is 6.04. The van der Waals surface area contributed by atoms with Crippen LogP contribution in [0.25, 0.3) is 0 Å². The van der Waals surface area contributed by atoms with Gasteiger partial charge in [-0.1, -0.05) is 13.3 Å². The fourth-order valence-electron chi connectivity index (χ4n) is 2.26. The Morgan fingerprint density at radius 1 is 1.20 bits per heavy atom. The third-order valence-corrected chi connectivity index (χ3v) is 4.55. The Morgan fingerprint density at radius 2 is 1.80 bits per heavy atom. The van der Waals surface area contributed by atoms with Crippen LogP contribution in [0.3, 0.4) is 0 Å². The Labute approximate surface area is 121 Å². The summed E-state index contributed by atoms with van der Waals surface area (Å²) >= 11 is 1.60. The number of nitrogens with zero attached hydrogens (tertiary/aromatic N) is 1. The molecule has 0 saturated carbocycles. The second kappa shape index (κ2) is 6.72. The quantitative estimate of drug-likeness (QED) is 0.747. The van der Waals surface area contributed by atoms with Gasteiger partial charge in [0.15, 0.2) is 0 Å². The highest BCUT2D eigenvalue weighted by Gasteiger charge is 2.31. The van der Waals surface area contributed by atoms with Gasteiger partial charge >= 0.3 is 6.36 Å². The molecule has 1 aliphatic rings. The van der Waals surface area contributed by atoms with Crippen LogP contribution in [0.2, 0.25) is 0 Å². The summed E-state index contributed by atoms with van der Waals surface area (Å²) in [5, 5.41) is 0. The summed E-state index contributed by atoms with van der Waals surface area (Å²) in [7, 11) is 0. The van der Waals surface area contributed by atoms with E-state index < -0.39 is 6.36 Å². The van der Waals surface area contributed by atoms with Crippen LogP contribution in [0.4, 0.5) is 13.2 Å². The Balaban J connectivity index is 1.85. The van der Waals surface area contributed by atoms with Crippen LogP contribution in [0.15, 0.2) is 29.2 Å². The predicted octanol–water partition coefficient (Wildman–Crippen LogP) is 4.71. The van der Waals surface area contributed by atoms with Crippen LogP contribution in [0.5, 0.6) is 5.75 Å². The smallest absolute Gasteiger partial charge is 0.406 e. The van der Waals surface area contributed by atoms with Crippen molar-refractivity contribution in [1.29, 1.82) is 0 Å². The van der Waals surface area contributed by atoms with Crippen LogP contribution < -0.4 is 4.74 Å². The fraction of sp³-hybridized carbons (Fsp3) is 0.571. The van der Waals surface area contributed by atoms with Gasteiger partial charge in [0.1, 0.15) is 5.75 Å². The van der Waals surface area contributed by atoms with E-state index in [1.807, 2.05) is 0 Å². The Bertz CT molecular complexity index is 413. The molecule has 1 fully saturated rings. The number of alkyl halides is 3. The first kappa shape index (κ1) is 15.5. The lowest BCUT2D eigenvalue weighted by molar-refractivity contribution is -0.274. The van der Waals surface area contributed by atoms with E-state index in [2.05, 4.69) is 16.0 Å². The average molecular weight is 305 g/mol. The molecule has 0 aromatic heterocycles. The minimum atomic E-state index is -4.63. The Morgan fingerprint density at radius 3 is 2.30 bits per heavy atom. The number of piperidine rings is 1. The molecule has 0 radical (unpaired) electrons. The maximum Gasteiger partial charge on any atom is 0.573 e. The van der Waals surface area contributed by atoms with Crippen molar-refractivity contribution < 1.29 is 17.9 Å². The van der Waals surface area contributed by atoms with Gasteiger partial charge in [-0.05, 0) is 55.0 Å². The van der Waals surface area contributed by atoms with Gasteiger partial charge in [-0.3, -0.25) is 0 Å². The van der Waals surface area contributed by atoms with E-state index in [0.717, 1.165) is 23.9 Å². The van der Waals surface area contributed by atoms with Crippen molar-refractivity contribution in [3.63, 3.8) is 0 Å². The molecule has 0 spiro atoms. The van der Waals surface area contributed by atoms with Crippen LogP contribution in [0.1, 0.15) is 26.2 Å². The summed E-state index contributed by atoms with van der Waals surface area (Å²) in [6.45, 7) is 4.28. The lowest BCUT2D eigenvalue weighted by Crippen LogP contribution is -2.28. The lowest BCUT2D eigenvalue weighted by atomic mass is 9.96. The first-order valence-electron chi connectivity index (χ1n) is 6.75. The summed E-state index contributed by atoms with van der Waals surface area (Å²) < 4.78 is 42.3. The molecule has 0 aliphatic carbocycles. The third kappa shape index (κ3) is 4.90. The van der Waals surface area contributed by atoms with E-state index in [1.54, 1.807) is 24.1 Å². The zero-order valence-electron chi connectivity index (χ0n) is 11.3. The van der Waals surface area contributed by atoms with Gasteiger partial charge in [0.05, 0.1) is 0 Å². The van der Waals surface area contributed by atoms with Crippen molar-refractivity contribution in [1.82, 2.24) is 4.31 Å². The highest BCUT2D eigenvalue weighted by Crippen LogP contribution is 2.31. The number of hydrogen-bond donors (Lipinski definition) is 0. The number of ether oxygens (including phenoxy) is 1. The Hall–Kier alpha value is -0.880. The van der Waals surface area contributed by atoms with E-state index >= 15 is 0 Å². The van der Waals surface area contributed by atoms with Gasteiger partial charge < -0.3 is 4.74 Å². The van der Waals surface area contributed by atoms with Gasteiger partial charge in [-0.15, -0.1) is 13.2 Å². The molecule has 0 N–H and O–H groups in total. The maximum atomic E-state index is 12.0. The van der Waals surface area contributed by atoms with Gasteiger partial charge in [0.2, 0.25) is 0 Å². The molecule has 2 nitrogen and oxygen atoms in total. The molecular formula is C14H18F3NOS. The summed E-state index contributed by atoms with van der Waals surface area (Å²) in [6.07, 6.45) is -1.02. The van der Waals surface area contributed by atoms with E-state index in [4.69, 9.17) is 0 Å². The Kier molecular flexibility index (Phi) is 5.21. The minimum Gasteiger partial charge on any atom is -0.406 e. The zero-order valence-corrected chi connectivity index (χ0v) is 12.1. The standard InChI is InChI=1S/C14H18F3NOS/c1-2-11-7-9-18(10-8-11)20-13-5-3-12(4-6-13)19-14(15,16)17/h3-6,11H,2,7-10H2,1H3. The van der Waals surface area contributed by atoms with Crippen molar-refractivity contribution in [3.8, 4) is 5.75 Å². The third-order valence-electron chi connectivity index (χ3n) is 3.44. The van der Waals surface area contributed by atoms with Crippen LogP contribution in [-0.4, -0.2) is 23.8 Å². The number of halogens is 3. The summed E-state index contributed by atoms with van der Waals surface area (Å²) in [4.78, 5) is 0.939. The lowest BCUT2D eigenvalue weighted by Gasteiger charge is -2.30. The summed E-state index contributed by atoms with van der Waals surface area (Å²) in [5.41, 5.74) is 0. The number of rotatable bonds is 4. The molecule has 6 heteroatoms. The van der Waals surface area contributed by atoms with Crippen LogP contribution in [0, 0.1) is 5.92 Å². The van der Waals surface area contributed by atoms with E-state index in [0.29, 0.717) is 0 Å². The first-order chi connectivity index (χ1) is 9.46. The molecule has 1 saturated heterocycles. The van der Waals surface area contributed by atoms with Crippen molar-refractivity contribution in [2.45, 2.75) is 37.4 Å². The molecule has 0 bridgehead atoms. The molecule has 112 valence electrons. The van der Waals surface area contributed by atoms with Gasteiger partial charge in [0, 0.05) is 18.0 Å². The predicted molar refractivity (Wildman–Crippen MR) is 73.6 cm³/mol. The normalized spacial score (nSPS) is 18.2. The van der Waals surface area contributed by atoms with E-state index in [-0.39, 0.29) is 5.75 Å². The second-order valence-corrected chi connectivity index (χ2v) is 6.06. The van der Waals surface area contributed by atoms with Crippen molar-refractivity contribution >= 4 is 11.9 Å². The average Bonchev–Trinajstić information content (AvgIpc) is 2.40. The maximum absolute atomic E-state index is 12.0.